The second-order valence-corrected chi connectivity index (χ2v) is 11.9. The van der Waals surface area contributed by atoms with E-state index in [1.165, 1.54) is 0 Å². The lowest BCUT2D eigenvalue weighted by atomic mass is 9.95. The maximum absolute atomic E-state index is 13.3. The first-order chi connectivity index (χ1) is 25.3. The Morgan fingerprint density at radius 3 is 1.70 bits per heavy atom. The number of nitrogens with one attached hydrogen (secondary N) is 2. The van der Waals surface area contributed by atoms with Crippen molar-refractivity contribution in [2.45, 2.75) is 96.2 Å². The summed E-state index contributed by atoms with van der Waals surface area (Å²) in [5, 5.41) is 15.7. The van der Waals surface area contributed by atoms with E-state index in [9.17, 15) is 33.9 Å². The summed E-state index contributed by atoms with van der Waals surface area (Å²) < 4.78 is 50.1. The molecule has 2 aromatic carbocycles. The number of rotatable bonds is 14. The molecule has 0 spiro atoms. The van der Waals surface area contributed by atoms with Crippen LogP contribution in [0.15, 0.2) is 60.7 Å². The molecular weight excluding hydrogens is 704 g/mol. The number of carbonyl (C=O) groups excluding carboxylic acids is 6. The Balaban J connectivity index is 1.66. The maximum Gasteiger partial charge on any atom is 0.407 e. The number of aliphatic hydroxyl groups excluding tert-OH is 1. The highest BCUT2D eigenvalue weighted by atomic mass is 16.7. The number of hydrogen-bond donors (Lipinski definition) is 3. The summed E-state index contributed by atoms with van der Waals surface area (Å²) in [6, 6.07) is 16.0. The molecule has 4 rings (SSSR count). The Morgan fingerprint density at radius 1 is 0.623 bits per heavy atom. The van der Waals surface area contributed by atoms with Crippen LogP contribution in [-0.2, 0) is 75.0 Å². The van der Waals surface area contributed by atoms with Crippen LogP contribution in [0.1, 0.15) is 38.8 Å². The van der Waals surface area contributed by atoms with E-state index in [0.717, 1.165) is 27.7 Å². The lowest BCUT2D eigenvalue weighted by molar-refractivity contribution is -0.289. The lowest BCUT2D eigenvalue weighted by Gasteiger charge is -2.46. The number of alkyl carbamates (subject to hydrolysis) is 2. The molecule has 18 nitrogen and oxygen atoms in total. The lowest BCUT2D eigenvalue weighted by Crippen LogP contribution is -2.68. The molecule has 2 aliphatic heterocycles. The van der Waals surface area contributed by atoms with E-state index in [-0.39, 0.29) is 13.2 Å². The van der Waals surface area contributed by atoms with Gasteiger partial charge in [0, 0.05) is 27.7 Å². The topological polar surface area (TPSA) is 230 Å². The summed E-state index contributed by atoms with van der Waals surface area (Å²) in [4.78, 5) is 74.6. The Labute approximate surface area is 304 Å². The highest BCUT2D eigenvalue weighted by Gasteiger charge is 2.55. The minimum absolute atomic E-state index is 0.0737. The Hall–Kier alpha value is -5.30. The van der Waals surface area contributed by atoms with Crippen LogP contribution in [0.25, 0.3) is 0 Å². The number of benzene rings is 2. The van der Waals surface area contributed by atoms with Gasteiger partial charge in [0.05, 0.1) is 6.54 Å². The Bertz CT molecular complexity index is 1560. The quantitative estimate of drug-likeness (QED) is 0.183. The van der Waals surface area contributed by atoms with Crippen LogP contribution in [0.4, 0.5) is 9.59 Å². The van der Waals surface area contributed by atoms with Crippen molar-refractivity contribution in [1.29, 1.82) is 0 Å². The zero-order valence-corrected chi connectivity index (χ0v) is 29.4. The highest BCUT2D eigenvalue weighted by Crippen LogP contribution is 2.33. The van der Waals surface area contributed by atoms with Crippen LogP contribution in [-0.4, -0.2) is 110 Å². The van der Waals surface area contributed by atoms with Crippen LogP contribution in [0, 0.1) is 0 Å². The fourth-order valence-corrected chi connectivity index (χ4v) is 5.54. The normalized spacial score (nSPS) is 26.3. The molecule has 0 saturated carbocycles. The number of ether oxygens (including phenoxy) is 9. The second-order valence-electron chi connectivity index (χ2n) is 11.9. The first-order valence-electron chi connectivity index (χ1n) is 16.5. The predicted octanol–water partition coefficient (Wildman–Crippen LogP) is 1.39. The Kier molecular flexibility index (Phi) is 14.9. The number of esters is 4. The second kappa shape index (κ2) is 19.5. The van der Waals surface area contributed by atoms with Crippen molar-refractivity contribution in [2.75, 3.05) is 13.2 Å². The molecule has 2 heterocycles. The van der Waals surface area contributed by atoms with Crippen molar-refractivity contribution in [3.05, 3.63) is 71.8 Å². The third kappa shape index (κ3) is 12.4. The predicted molar refractivity (Wildman–Crippen MR) is 176 cm³/mol. The fraction of sp³-hybridized carbons (Fsp3) is 0.486. The van der Waals surface area contributed by atoms with E-state index in [4.69, 9.17) is 42.6 Å². The molecule has 2 saturated heterocycles. The minimum atomic E-state index is -1.76. The fourth-order valence-electron chi connectivity index (χ4n) is 5.54. The van der Waals surface area contributed by atoms with Crippen molar-refractivity contribution < 1.29 is 76.5 Å². The molecule has 53 heavy (non-hydrogen) atoms. The molecule has 288 valence electrons. The van der Waals surface area contributed by atoms with Gasteiger partial charge >= 0.3 is 36.1 Å². The maximum atomic E-state index is 13.3. The van der Waals surface area contributed by atoms with Gasteiger partial charge in [-0.2, -0.15) is 0 Å². The van der Waals surface area contributed by atoms with Gasteiger partial charge in [0.1, 0.15) is 44.2 Å². The number of hydrogen-bond acceptors (Lipinski definition) is 16. The van der Waals surface area contributed by atoms with E-state index in [1.807, 2.05) is 0 Å². The van der Waals surface area contributed by atoms with Gasteiger partial charge in [-0.3, -0.25) is 19.2 Å². The van der Waals surface area contributed by atoms with E-state index in [0.29, 0.717) is 11.1 Å². The third-order valence-corrected chi connectivity index (χ3v) is 7.74. The van der Waals surface area contributed by atoms with E-state index in [1.54, 1.807) is 60.7 Å². The average Bonchev–Trinajstić information content (AvgIpc) is 3.39. The molecular formula is C35H42N2O16. The van der Waals surface area contributed by atoms with Gasteiger partial charge in [0.25, 0.3) is 0 Å². The molecule has 18 heteroatoms. The highest BCUT2D eigenvalue weighted by molar-refractivity contribution is 5.70. The van der Waals surface area contributed by atoms with Crippen LogP contribution in [0.3, 0.4) is 0 Å². The van der Waals surface area contributed by atoms with E-state index < -0.39 is 104 Å². The smallest absolute Gasteiger partial charge is 0.407 e. The first kappa shape index (κ1) is 40.5. The summed E-state index contributed by atoms with van der Waals surface area (Å²) in [7, 11) is 0. The number of amides is 2. The van der Waals surface area contributed by atoms with Gasteiger partial charge in [-0.15, -0.1) is 0 Å². The minimum Gasteiger partial charge on any atom is -0.463 e. The molecule has 0 aliphatic carbocycles. The van der Waals surface area contributed by atoms with Crippen molar-refractivity contribution in [2.24, 2.45) is 0 Å². The van der Waals surface area contributed by atoms with Crippen LogP contribution < -0.4 is 10.6 Å². The molecule has 2 amide bonds. The molecule has 2 aromatic rings. The summed E-state index contributed by atoms with van der Waals surface area (Å²) in [6.45, 7) is 3.24. The Morgan fingerprint density at radius 2 is 1.15 bits per heavy atom. The van der Waals surface area contributed by atoms with E-state index >= 15 is 0 Å². The van der Waals surface area contributed by atoms with Crippen LogP contribution in [0.5, 0.6) is 0 Å². The summed E-state index contributed by atoms with van der Waals surface area (Å²) in [5.41, 5.74) is 1.35. The standard InChI is InChI=1S/C35H42N2O16/c1-19(38)45-18-26-29(31(32(42)51-26)50-22(4)41)53-33-27(37-35(44)47-17-24-13-9-6-10-14-24)30(49-21(3)40)28(48-20(2)39)25(52-33)15-36-34(43)46-16-23-11-7-5-8-12-23/h5-14,25-33,42H,15-18H2,1-4H3,(H,36,43)(H,37,44)/t25-,26+,27+,28+,29+,30+,31+,32?,33+/m0/s1. The largest absolute Gasteiger partial charge is 0.463 e. The molecule has 0 aromatic heterocycles. The van der Waals surface area contributed by atoms with Crippen LogP contribution >= 0.6 is 0 Å². The SMILES string of the molecule is CC(=O)OC[C@H]1OC(O)[C@H](OC(C)=O)[C@@H]1O[C@H]1O[C@@H](CNC(=O)OCc2ccccc2)[C@@H](OC(C)=O)[C@H](OC(C)=O)[C@H]1NC(=O)OCc1ccccc1. The van der Waals surface area contributed by atoms with Crippen molar-refractivity contribution in [1.82, 2.24) is 10.6 Å². The molecule has 1 unspecified atom stereocenters. The monoisotopic (exact) mass is 746 g/mol. The summed E-state index contributed by atoms with van der Waals surface area (Å²) in [6.07, 6.45) is -13.9. The molecule has 0 radical (unpaired) electrons. The third-order valence-electron chi connectivity index (χ3n) is 7.74. The van der Waals surface area contributed by atoms with Crippen molar-refractivity contribution in [3.63, 3.8) is 0 Å². The average molecular weight is 747 g/mol. The zero-order valence-electron chi connectivity index (χ0n) is 29.4. The summed E-state index contributed by atoms with van der Waals surface area (Å²) >= 11 is 0. The molecule has 9 atom stereocenters. The molecule has 0 bridgehead atoms. The van der Waals surface area contributed by atoms with Crippen molar-refractivity contribution >= 4 is 36.1 Å². The molecule has 2 aliphatic rings. The van der Waals surface area contributed by atoms with Gasteiger partial charge in [-0.25, -0.2) is 9.59 Å². The first-order valence-corrected chi connectivity index (χ1v) is 16.5. The van der Waals surface area contributed by atoms with Gasteiger partial charge in [0.15, 0.2) is 30.9 Å². The molecule has 3 N–H and O–H groups in total. The van der Waals surface area contributed by atoms with Crippen LogP contribution in [0.2, 0.25) is 0 Å². The number of carbonyl (C=O) groups is 6. The zero-order chi connectivity index (χ0) is 38.5. The van der Waals surface area contributed by atoms with Gasteiger partial charge in [-0.1, -0.05) is 60.7 Å². The van der Waals surface area contributed by atoms with Gasteiger partial charge < -0.3 is 58.4 Å². The summed E-state index contributed by atoms with van der Waals surface area (Å²) in [5.74, 6) is -3.22. The van der Waals surface area contributed by atoms with Crippen molar-refractivity contribution in [3.8, 4) is 0 Å². The number of aliphatic hydroxyl groups is 1. The van der Waals surface area contributed by atoms with Gasteiger partial charge in [-0.05, 0) is 11.1 Å². The van der Waals surface area contributed by atoms with E-state index in [2.05, 4.69) is 10.6 Å². The van der Waals surface area contributed by atoms with Gasteiger partial charge in [0.2, 0.25) is 0 Å². The molecule has 2 fully saturated rings.